The largest absolute Gasteiger partial charge is 0.507 e. The van der Waals surface area contributed by atoms with E-state index in [0.29, 0.717) is 30.2 Å². The first-order chi connectivity index (χ1) is 13.0. The van der Waals surface area contributed by atoms with E-state index in [1.54, 1.807) is 18.2 Å². The predicted molar refractivity (Wildman–Crippen MR) is 108 cm³/mol. The first kappa shape index (κ1) is 18.9. The van der Waals surface area contributed by atoms with Crippen molar-refractivity contribution in [3.63, 3.8) is 0 Å². The van der Waals surface area contributed by atoms with E-state index in [9.17, 15) is 9.90 Å². The van der Waals surface area contributed by atoms with Gasteiger partial charge in [0.25, 0.3) is 0 Å². The summed E-state index contributed by atoms with van der Waals surface area (Å²) in [5.74, 6) is 1.05. The highest BCUT2D eigenvalue weighted by molar-refractivity contribution is 9.10. The number of fused-ring (bicyclic) bond motifs is 1. The van der Waals surface area contributed by atoms with Gasteiger partial charge >= 0.3 is 6.09 Å². The third kappa shape index (κ3) is 4.46. The minimum Gasteiger partial charge on any atom is -0.507 e. The van der Waals surface area contributed by atoms with E-state index in [-0.39, 0.29) is 11.8 Å². The summed E-state index contributed by atoms with van der Waals surface area (Å²) in [6.45, 7) is 2.29. The van der Waals surface area contributed by atoms with Crippen LogP contribution < -0.4 is 10.6 Å². The molecule has 140 valence electrons. The van der Waals surface area contributed by atoms with E-state index in [2.05, 4.69) is 36.5 Å². The number of hydrogen-bond donors (Lipinski definition) is 4. The minimum absolute atomic E-state index is 0.0819. The fourth-order valence-electron chi connectivity index (χ4n) is 2.71. The number of phenols is 1. The van der Waals surface area contributed by atoms with Crippen LogP contribution in [0, 0.1) is 0 Å². The van der Waals surface area contributed by atoms with Gasteiger partial charge in [-0.25, -0.2) is 14.8 Å². The number of halogens is 1. The van der Waals surface area contributed by atoms with E-state index >= 15 is 0 Å². The van der Waals surface area contributed by atoms with Gasteiger partial charge in [0.05, 0.1) is 11.1 Å². The smallest absolute Gasteiger partial charge is 0.404 e. The SMILES string of the molecule is CC[C@H](CNc1nc(-c2cc(Br)ccc2O)nc2ccccc12)NC(=O)O. The molecule has 1 aromatic heterocycles. The molecule has 2 aromatic carbocycles. The Morgan fingerprint density at radius 3 is 2.74 bits per heavy atom. The van der Waals surface area contributed by atoms with Gasteiger partial charge in [0.15, 0.2) is 5.82 Å². The highest BCUT2D eigenvalue weighted by atomic mass is 79.9. The summed E-state index contributed by atoms with van der Waals surface area (Å²) < 4.78 is 0.804. The summed E-state index contributed by atoms with van der Waals surface area (Å²) in [7, 11) is 0. The molecule has 0 bridgehead atoms. The Bertz CT molecular complexity index is 980. The molecule has 7 nitrogen and oxygen atoms in total. The number of aromatic hydroxyl groups is 1. The number of carbonyl (C=O) groups is 1. The van der Waals surface area contributed by atoms with Gasteiger partial charge in [0.2, 0.25) is 0 Å². The second kappa shape index (κ2) is 8.22. The number of aromatic nitrogens is 2. The molecule has 0 aliphatic heterocycles. The Morgan fingerprint density at radius 2 is 2.00 bits per heavy atom. The molecule has 1 atom stereocenters. The van der Waals surface area contributed by atoms with E-state index in [0.717, 1.165) is 15.4 Å². The summed E-state index contributed by atoms with van der Waals surface area (Å²) in [4.78, 5) is 20.0. The van der Waals surface area contributed by atoms with E-state index < -0.39 is 6.09 Å². The zero-order chi connectivity index (χ0) is 19.4. The average molecular weight is 431 g/mol. The number of hydrogen-bond acceptors (Lipinski definition) is 5. The Balaban J connectivity index is 2.01. The first-order valence-corrected chi connectivity index (χ1v) is 9.26. The molecule has 8 heteroatoms. The van der Waals surface area contributed by atoms with Crippen molar-refractivity contribution in [2.75, 3.05) is 11.9 Å². The van der Waals surface area contributed by atoms with Crippen LogP contribution in [0.5, 0.6) is 5.75 Å². The van der Waals surface area contributed by atoms with Gasteiger partial charge in [0, 0.05) is 22.4 Å². The fourth-order valence-corrected chi connectivity index (χ4v) is 3.07. The van der Waals surface area contributed by atoms with Crippen LogP contribution >= 0.6 is 15.9 Å². The Kier molecular flexibility index (Phi) is 5.75. The number of carboxylic acid groups (broad SMARTS) is 1. The number of para-hydroxylation sites is 1. The Labute approximate surface area is 164 Å². The topological polar surface area (TPSA) is 107 Å². The molecule has 0 unspecified atom stereocenters. The summed E-state index contributed by atoms with van der Waals surface area (Å²) in [5.41, 5.74) is 1.23. The van der Waals surface area contributed by atoms with Crippen molar-refractivity contribution in [1.82, 2.24) is 15.3 Å². The molecule has 0 aliphatic rings. The second-order valence-corrected chi connectivity index (χ2v) is 6.93. The molecule has 4 N–H and O–H groups in total. The lowest BCUT2D eigenvalue weighted by atomic mass is 10.1. The molecule has 27 heavy (non-hydrogen) atoms. The third-order valence-electron chi connectivity index (χ3n) is 4.14. The maximum absolute atomic E-state index is 10.9. The number of anilines is 1. The zero-order valence-electron chi connectivity index (χ0n) is 14.6. The van der Waals surface area contributed by atoms with Gasteiger partial charge in [-0.3, -0.25) is 0 Å². The predicted octanol–water partition coefficient (Wildman–Crippen LogP) is 4.22. The van der Waals surface area contributed by atoms with Crippen molar-refractivity contribution in [2.45, 2.75) is 19.4 Å². The molecule has 0 aliphatic carbocycles. The van der Waals surface area contributed by atoms with Crippen LogP contribution in [0.15, 0.2) is 46.9 Å². The standard InChI is InChI=1S/C19H19BrN4O3/c1-2-12(22-19(26)27)10-21-17-13-5-3-4-6-15(13)23-18(24-17)14-9-11(20)7-8-16(14)25/h3-9,12,22,25H,2,10H2,1H3,(H,26,27)(H,21,23,24)/t12-/m1/s1. The minimum atomic E-state index is -1.06. The Hall–Kier alpha value is -2.87. The maximum atomic E-state index is 10.9. The molecular weight excluding hydrogens is 412 g/mol. The van der Waals surface area contributed by atoms with Crippen LogP contribution in [0.2, 0.25) is 0 Å². The van der Waals surface area contributed by atoms with Crippen LogP contribution in [0.4, 0.5) is 10.6 Å². The summed E-state index contributed by atoms with van der Waals surface area (Å²) in [6.07, 6.45) is -0.419. The third-order valence-corrected chi connectivity index (χ3v) is 4.63. The number of nitrogens with zero attached hydrogens (tertiary/aromatic N) is 2. The highest BCUT2D eigenvalue weighted by Gasteiger charge is 2.14. The summed E-state index contributed by atoms with van der Waals surface area (Å²) >= 11 is 3.40. The van der Waals surface area contributed by atoms with Crippen molar-refractivity contribution in [1.29, 1.82) is 0 Å². The number of benzene rings is 2. The number of phenolic OH excluding ortho intramolecular Hbond substituents is 1. The van der Waals surface area contributed by atoms with Crippen molar-refractivity contribution in [3.05, 3.63) is 46.9 Å². The molecule has 3 rings (SSSR count). The normalized spacial score (nSPS) is 11.9. The van der Waals surface area contributed by atoms with E-state index in [1.165, 1.54) is 0 Å². The van der Waals surface area contributed by atoms with Gasteiger partial charge in [0.1, 0.15) is 11.6 Å². The quantitative estimate of drug-likeness (QED) is 0.466. The average Bonchev–Trinajstić information content (AvgIpc) is 2.66. The van der Waals surface area contributed by atoms with Crippen molar-refractivity contribution >= 4 is 38.7 Å². The van der Waals surface area contributed by atoms with Crippen LogP contribution in [0.3, 0.4) is 0 Å². The Morgan fingerprint density at radius 1 is 1.22 bits per heavy atom. The van der Waals surface area contributed by atoms with Gasteiger partial charge in [-0.2, -0.15) is 0 Å². The molecule has 0 spiro atoms. The first-order valence-electron chi connectivity index (χ1n) is 8.47. The van der Waals surface area contributed by atoms with Gasteiger partial charge in [-0.15, -0.1) is 0 Å². The molecule has 1 heterocycles. The van der Waals surface area contributed by atoms with Crippen molar-refractivity contribution in [2.24, 2.45) is 0 Å². The van der Waals surface area contributed by atoms with Crippen LogP contribution in [-0.4, -0.2) is 38.9 Å². The molecule has 3 aromatic rings. The van der Waals surface area contributed by atoms with Gasteiger partial charge < -0.3 is 20.8 Å². The molecule has 1 amide bonds. The van der Waals surface area contributed by atoms with Crippen molar-refractivity contribution < 1.29 is 15.0 Å². The maximum Gasteiger partial charge on any atom is 0.404 e. The molecular formula is C19H19BrN4O3. The lowest BCUT2D eigenvalue weighted by Gasteiger charge is -2.17. The summed E-state index contributed by atoms with van der Waals surface area (Å²) in [6, 6.07) is 12.4. The molecule has 0 fully saturated rings. The highest BCUT2D eigenvalue weighted by Crippen LogP contribution is 2.32. The molecule has 0 radical (unpaired) electrons. The lowest BCUT2D eigenvalue weighted by molar-refractivity contribution is 0.190. The van der Waals surface area contributed by atoms with Crippen LogP contribution in [-0.2, 0) is 0 Å². The molecule has 0 saturated carbocycles. The number of rotatable bonds is 6. The number of amides is 1. The molecule has 0 saturated heterocycles. The van der Waals surface area contributed by atoms with Gasteiger partial charge in [-0.05, 0) is 36.8 Å². The van der Waals surface area contributed by atoms with E-state index in [4.69, 9.17) is 5.11 Å². The van der Waals surface area contributed by atoms with Crippen LogP contribution in [0.25, 0.3) is 22.3 Å². The number of nitrogens with one attached hydrogen (secondary N) is 2. The lowest BCUT2D eigenvalue weighted by Crippen LogP contribution is -2.38. The van der Waals surface area contributed by atoms with Crippen molar-refractivity contribution in [3.8, 4) is 17.1 Å². The monoisotopic (exact) mass is 430 g/mol. The van der Waals surface area contributed by atoms with E-state index in [1.807, 2.05) is 31.2 Å². The van der Waals surface area contributed by atoms with Gasteiger partial charge in [-0.1, -0.05) is 35.0 Å². The fraction of sp³-hybridized carbons (Fsp3) is 0.211. The second-order valence-electron chi connectivity index (χ2n) is 6.01. The zero-order valence-corrected chi connectivity index (χ0v) is 16.2. The summed E-state index contributed by atoms with van der Waals surface area (Å²) in [5, 5.41) is 25.7. The van der Waals surface area contributed by atoms with Crippen LogP contribution in [0.1, 0.15) is 13.3 Å².